The fourth-order valence-electron chi connectivity index (χ4n) is 1.24. The smallest absolute Gasteiger partial charge is 0.169 e. The van der Waals surface area contributed by atoms with Crippen LogP contribution in [0.1, 0.15) is 5.76 Å². The molecule has 1 heterocycles. The van der Waals surface area contributed by atoms with Crippen LogP contribution in [0.25, 0.3) is 0 Å². The van der Waals surface area contributed by atoms with Gasteiger partial charge in [0.1, 0.15) is 5.76 Å². The fraction of sp³-hybridized carbons (Fsp3) is 0.250. The normalized spacial score (nSPS) is 9.50. The molecule has 0 aliphatic rings. The topological polar surface area (TPSA) is 28.4 Å². The second kappa shape index (κ2) is 6.85. The number of nitrogens with one attached hydrogen (secondary N) is 1. The van der Waals surface area contributed by atoms with Crippen molar-refractivity contribution in [3.63, 3.8) is 0 Å². The van der Waals surface area contributed by atoms with Crippen molar-refractivity contribution in [1.29, 1.82) is 0 Å². The predicted molar refractivity (Wildman–Crippen MR) is 70.1 cm³/mol. The van der Waals surface area contributed by atoms with Crippen molar-refractivity contribution in [2.75, 3.05) is 13.1 Å². The fourth-order valence-corrected chi connectivity index (χ4v) is 1.46. The first-order valence-corrected chi connectivity index (χ1v) is 5.45. The lowest BCUT2D eigenvalue weighted by molar-refractivity contribution is 0.475. The molecule has 0 saturated carbocycles. The number of hydrogen-bond donors (Lipinski definition) is 1. The summed E-state index contributed by atoms with van der Waals surface area (Å²) in [6, 6.07) is 3.76. The Labute approximate surface area is 101 Å². The molecule has 86 valence electrons. The molecule has 1 aromatic rings. The Balaban J connectivity index is 2.42. The quantitative estimate of drug-likeness (QED) is 0.606. The van der Waals surface area contributed by atoms with Gasteiger partial charge < -0.3 is 14.6 Å². The van der Waals surface area contributed by atoms with Crippen molar-refractivity contribution in [3.8, 4) is 0 Å². The molecular formula is C12H16N2OS. The monoisotopic (exact) mass is 236 g/mol. The van der Waals surface area contributed by atoms with E-state index in [1.807, 2.05) is 29.2 Å². The van der Waals surface area contributed by atoms with Crippen LogP contribution in [0.5, 0.6) is 0 Å². The Kier molecular flexibility index (Phi) is 5.36. The average Bonchev–Trinajstić information content (AvgIpc) is 2.78. The minimum Gasteiger partial charge on any atom is -0.467 e. The maximum atomic E-state index is 5.26. The summed E-state index contributed by atoms with van der Waals surface area (Å²) in [6.45, 7) is 9.39. The zero-order valence-corrected chi connectivity index (χ0v) is 10.0. The van der Waals surface area contributed by atoms with Crippen LogP contribution in [0.3, 0.4) is 0 Å². The summed E-state index contributed by atoms with van der Waals surface area (Å²) in [4.78, 5) is 1.97. The first-order valence-electron chi connectivity index (χ1n) is 5.05. The Morgan fingerprint density at radius 3 is 2.62 bits per heavy atom. The van der Waals surface area contributed by atoms with Crippen molar-refractivity contribution >= 4 is 17.3 Å². The van der Waals surface area contributed by atoms with E-state index >= 15 is 0 Å². The first kappa shape index (κ1) is 12.5. The molecule has 4 heteroatoms. The van der Waals surface area contributed by atoms with Gasteiger partial charge in [0.2, 0.25) is 0 Å². The molecule has 0 aliphatic carbocycles. The molecule has 1 N–H and O–H groups in total. The third kappa shape index (κ3) is 3.90. The highest BCUT2D eigenvalue weighted by molar-refractivity contribution is 7.80. The molecule has 1 aromatic heterocycles. The molecule has 1 rings (SSSR count). The van der Waals surface area contributed by atoms with Gasteiger partial charge in [-0.1, -0.05) is 12.2 Å². The number of furan rings is 1. The van der Waals surface area contributed by atoms with Crippen molar-refractivity contribution in [3.05, 3.63) is 49.5 Å². The van der Waals surface area contributed by atoms with Gasteiger partial charge in [-0.3, -0.25) is 0 Å². The zero-order valence-electron chi connectivity index (χ0n) is 9.19. The minimum absolute atomic E-state index is 0.594. The summed E-state index contributed by atoms with van der Waals surface area (Å²) >= 11 is 5.26. The Morgan fingerprint density at radius 2 is 2.12 bits per heavy atom. The van der Waals surface area contributed by atoms with Crippen LogP contribution < -0.4 is 5.32 Å². The molecule has 0 fully saturated rings. The maximum Gasteiger partial charge on any atom is 0.169 e. The van der Waals surface area contributed by atoms with Gasteiger partial charge in [-0.25, -0.2) is 0 Å². The molecule has 16 heavy (non-hydrogen) atoms. The van der Waals surface area contributed by atoms with E-state index in [4.69, 9.17) is 16.6 Å². The second-order valence-electron chi connectivity index (χ2n) is 3.22. The summed E-state index contributed by atoms with van der Waals surface area (Å²) in [6.07, 6.45) is 5.26. The molecule has 0 aromatic carbocycles. The molecule has 0 unspecified atom stereocenters. The highest BCUT2D eigenvalue weighted by Crippen LogP contribution is 2.00. The van der Waals surface area contributed by atoms with E-state index in [0.29, 0.717) is 24.7 Å². The molecule has 0 amide bonds. The Hall–Kier alpha value is -1.55. The number of thiocarbonyl (C=S) groups is 1. The summed E-state index contributed by atoms with van der Waals surface area (Å²) in [5.41, 5.74) is 0. The predicted octanol–water partition coefficient (Wildman–Crippen LogP) is 2.33. The molecule has 0 spiro atoms. The maximum absolute atomic E-state index is 5.26. The van der Waals surface area contributed by atoms with E-state index in [1.54, 1.807) is 6.26 Å². The van der Waals surface area contributed by atoms with Crippen molar-refractivity contribution in [2.24, 2.45) is 0 Å². The lowest BCUT2D eigenvalue weighted by Gasteiger charge is -2.22. The van der Waals surface area contributed by atoms with Crippen LogP contribution in [0.4, 0.5) is 0 Å². The van der Waals surface area contributed by atoms with E-state index in [-0.39, 0.29) is 0 Å². The van der Waals surface area contributed by atoms with Crippen molar-refractivity contribution < 1.29 is 4.42 Å². The van der Waals surface area contributed by atoms with Crippen LogP contribution in [-0.2, 0) is 6.54 Å². The highest BCUT2D eigenvalue weighted by atomic mass is 32.1. The van der Waals surface area contributed by atoms with Gasteiger partial charge in [0.05, 0.1) is 12.8 Å². The molecule has 0 bridgehead atoms. The van der Waals surface area contributed by atoms with Gasteiger partial charge in [-0.2, -0.15) is 0 Å². The molecular weight excluding hydrogens is 220 g/mol. The van der Waals surface area contributed by atoms with E-state index in [1.165, 1.54) is 0 Å². The highest BCUT2D eigenvalue weighted by Gasteiger charge is 2.05. The van der Waals surface area contributed by atoms with Crippen molar-refractivity contribution in [2.45, 2.75) is 6.54 Å². The number of nitrogens with zero attached hydrogens (tertiary/aromatic N) is 1. The van der Waals surface area contributed by atoms with Crippen LogP contribution in [-0.4, -0.2) is 23.1 Å². The summed E-state index contributed by atoms with van der Waals surface area (Å²) in [7, 11) is 0. The third-order valence-corrected chi connectivity index (χ3v) is 2.38. The molecule has 0 saturated heterocycles. The lowest BCUT2D eigenvalue weighted by atomic mass is 10.4. The van der Waals surface area contributed by atoms with E-state index in [2.05, 4.69) is 18.5 Å². The second-order valence-corrected chi connectivity index (χ2v) is 3.61. The molecule has 3 nitrogen and oxygen atoms in total. The van der Waals surface area contributed by atoms with E-state index in [9.17, 15) is 0 Å². The largest absolute Gasteiger partial charge is 0.467 e. The molecule has 0 radical (unpaired) electrons. The van der Waals surface area contributed by atoms with Crippen LogP contribution >= 0.6 is 12.2 Å². The van der Waals surface area contributed by atoms with Gasteiger partial charge in [-0.15, -0.1) is 13.2 Å². The van der Waals surface area contributed by atoms with Gasteiger partial charge in [0.25, 0.3) is 0 Å². The SMILES string of the molecule is C=CCN(CC=C)C(=S)NCc1ccco1. The van der Waals surface area contributed by atoms with Gasteiger partial charge in [-0.05, 0) is 24.4 Å². The van der Waals surface area contributed by atoms with Gasteiger partial charge in [0, 0.05) is 13.1 Å². The number of hydrogen-bond acceptors (Lipinski definition) is 2. The summed E-state index contributed by atoms with van der Waals surface area (Å²) < 4.78 is 5.20. The van der Waals surface area contributed by atoms with Gasteiger partial charge in [0.15, 0.2) is 5.11 Å². The average molecular weight is 236 g/mol. The summed E-state index contributed by atoms with van der Waals surface area (Å²) in [5.74, 6) is 0.861. The third-order valence-electron chi connectivity index (χ3n) is 1.98. The first-order chi connectivity index (χ1) is 7.77. The van der Waals surface area contributed by atoms with Crippen LogP contribution in [0.2, 0.25) is 0 Å². The van der Waals surface area contributed by atoms with Crippen molar-refractivity contribution in [1.82, 2.24) is 10.2 Å². The Morgan fingerprint density at radius 1 is 1.44 bits per heavy atom. The van der Waals surface area contributed by atoms with E-state index < -0.39 is 0 Å². The minimum atomic E-state index is 0.594. The van der Waals surface area contributed by atoms with Gasteiger partial charge >= 0.3 is 0 Å². The van der Waals surface area contributed by atoms with E-state index in [0.717, 1.165) is 5.76 Å². The lowest BCUT2D eigenvalue weighted by Crippen LogP contribution is -2.39. The molecule has 0 atom stereocenters. The van der Waals surface area contributed by atoms with Crippen LogP contribution in [0, 0.1) is 0 Å². The number of rotatable bonds is 6. The zero-order chi connectivity index (χ0) is 11.8. The Bertz CT molecular complexity index is 336. The summed E-state index contributed by atoms with van der Waals surface area (Å²) in [5, 5.41) is 3.80. The molecule has 0 aliphatic heterocycles. The van der Waals surface area contributed by atoms with Crippen LogP contribution in [0.15, 0.2) is 48.1 Å². The standard InChI is InChI=1S/C12H16N2OS/c1-3-7-14(8-4-2)12(16)13-10-11-6-5-9-15-11/h3-6,9H,1-2,7-8,10H2,(H,13,16).